The molecule has 0 radical (unpaired) electrons. The highest BCUT2D eigenvalue weighted by Crippen LogP contribution is 2.31. The van der Waals surface area contributed by atoms with Gasteiger partial charge in [0.25, 0.3) is 0 Å². The van der Waals surface area contributed by atoms with E-state index in [-0.39, 0.29) is 5.75 Å². The Morgan fingerprint density at radius 1 is 1.17 bits per heavy atom. The molecular formula is C14H13N3O. The van der Waals surface area contributed by atoms with Crippen molar-refractivity contribution >= 4 is 16.6 Å². The fourth-order valence-corrected chi connectivity index (χ4v) is 2.23. The van der Waals surface area contributed by atoms with E-state index in [0.717, 1.165) is 22.2 Å². The Kier molecular flexibility index (Phi) is 2.23. The molecule has 1 aromatic heterocycles. The molecule has 90 valence electrons. The summed E-state index contributed by atoms with van der Waals surface area (Å²) in [6.45, 7) is 0. The first-order valence-electron chi connectivity index (χ1n) is 5.67. The first-order valence-corrected chi connectivity index (χ1v) is 5.67. The summed E-state index contributed by atoms with van der Waals surface area (Å²) in [4.78, 5) is 0. The van der Waals surface area contributed by atoms with E-state index in [0.29, 0.717) is 5.69 Å². The predicted octanol–water partition coefficient (Wildman–Crippen LogP) is 2.53. The van der Waals surface area contributed by atoms with Crippen LogP contribution in [0.3, 0.4) is 0 Å². The lowest BCUT2D eigenvalue weighted by molar-refractivity contribution is 0.475. The van der Waals surface area contributed by atoms with Crippen LogP contribution in [0.2, 0.25) is 0 Å². The minimum atomic E-state index is 0.232. The number of aryl methyl sites for hydroxylation is 1. The molecule has 4 nitrogen and oxygen atoms in total. The molecule has 0 amide bonds. The van der Waals surface area contributed by atoms with Gasteiger partial charge in [-0.1, -0.05) is 24.3 Å². The fourth-order valence-electron chi connectivity index (χ4n) is 2.23. The van der Waals surface area contributed by atoms with E-state index in [1.165, 1.54) is 0 Å². The number of phenols is 1. The van der Waals surface area contributed by atoms with Gasteiger partial charge < -0.3 is 10.8 Å². The quantitative estimate of drug-likeness (QED) is 0.641. The molecule has 0 bridgehead atoms. The lowest BCUT2D eigenvalue weighted by Crippen LogP contribution is -1.94. The van der Waals surface area contributed by atoms with Crippen LogP contribution >= 0.6 is 0 Å². The van der Waals surface area contributed by atoms with Crippen LogP contribution in [0.1, 0.15) is 0 Å². The van der Waals surface area contributed by atoms with E-state index in [1.807, 2.05) is 31.3 Å². The Morgan fingerprint density at radius 3 is 2.72 bits per heavy atom. The van der Waals surface area contributed by atoms with E-state index >= 15 is 0 Å². The molecule has 0 aliphatic heterocycles. The Labute approximate surface area is 104 Å². The van der Waals surface area contributed by atoms with E-state index in [2.05, 4.69) is 5.10 Å². The number of hydrogen-bond acceptors (Lipinski definition) is 3. The van der Waals surface area contributed by atoms with Crippen LogP contribution in [0.15, 0.2) is 42.5 Å². The molecule has 0 aliphatic rings. The maximum atomic E-state index is 9.55. The largest absolute Gasteiger partial charge is 0.508 e. The molecule has 3 N–H and O–H groups in total. The second-order valence-electron chi connectivity index (χ2n) is 4.27. The minimum absolute atomic E-state index is 0.232. The summed E-state index contributed by atoms with van der Waals surface area (Å²) in [6.07, 6.45) is 0. The van der Waals surface area contributed by atoms with E-state index < -0.39 is 0 Å². The number of rotatable bonds is 1. The number of hydrogen-bond donors (Lipinski definition) is 2. The Balaban J connectivity index is 2.34. The number of nitrogen functional groups attached to an aromatic ring is 1. The molecule has 3 aromatic rings. The van der Waals surface area contributed by atoms with Gasteiger partial charge in [0.05, 0.1) is 11.2 Å². The molecule has 0 aliphatic carbocycles. The molecule has 3 rings (SSSR count). The second-order valence-corrected chi connectivity index (χ2v) is 4.27. The highest BCUT2D eigenvalue weighted by atomic mass is 16.3. The van der Waals surface area contributed by atoms with Gasteiger partial charge in [-0.25, -0.2) is 0 Å². The number of benzene rings is 2. The maximum Gasteiger partial charge on any atom is 0.116 e. The molecule has 18 heavy (non-hydrogen) atoms. The van der Waals surface area contributed by atoms with Crippen molar-refractivity contribution in [1.29, 1.82) is 0 Å². The third-order valence-corrected chi connectivity index (χ3v) is 3.02. The lowest BCUT2D eigenvalue weighted by atomic mass is 10.1. The molecule has 0 unspecified atom stereocenters. The van der Waals surface area contributed by atoms with Gasteiger partial charge >= 0.3 is 0 Å². The molecule has 0 fully saturated rings. The average Bonchev–Trinajstić information content (AvgIpc) is 2.68. The summed E-state index contributed by atoms with van der Waals surface area (Å²) in [5, 5.41) is 15.0. The van der Waals surface area contributed by atoms with Gasteiger partial charge in [0.1, 0.15) is 11.4 Å². The van der Waals surface area contributed by atoms with Crippen molar-refractivity contribution in [3.8, 4) is 17.0 Å². The van der Waals surface area contributed by atoms with Crippen LogP contribution in [0.4, 0.5) is 5.69 Å². The number of para-hydroxylation sites is 1. The van der Waals surface area contributed by atoms with Crippen molar-refractivity contribution in [3.05, 3.63) is 42.5 Å². The Bertz CT molecular complexity index is 731. The first kappa shape index (κ1) is 10.7. The zero-order valence-electron chi connectivity index (χ0n) is 9.96. The number of nitrogens with two attached hydrogens (primary N) is 1. The summed E-state index contributed by atoms with van der Waals surface area (Å²) < 4.78 is 1.77. The monoisotopic (exact) mass is 239 g/mol. The van der Waals surface area contributed by atoms with Gasteiger partial charge in [-0.2, -0.15) is 5.10 Å². The predicted molar refractivity (Wildman–Crippen MR) is 72.2 cm³/mol. The lowest BCUT2D eigenvalue weighted by Gasteiger charge is -1.99. The number of aromatic hydroxyl groups is 1. The van der Waals surface area contributed by atoms with Gasteiger partial charge in [-0.05, 0) is 18.2 Å². The molecule has 2 aromatic carbocycles. The van der Waals surface area contributed by atoms with Gasteiger partial charge in [0, 0.05) is 18.0 Å². The highest BCUT2D eigenvalue weighted by molar-refractivity contribution is 5.99. The van der Waals surface area contributed by atoms with Gasteiger partial charge in [-0.15, -0.1) is 0 Å². The minimum Gasteiger partial charge on any atom is -0.508 e. The van der Waals surface area contributed by atoms with Crippen LogP contribution < -0.4 is 5.73 Å². The Hall–Kier alpha value is -2.49. The number of anilines is 1. The van der Waals surface area contributed by atoms with Gasteiger partial charge in [0.15, 0.2) is 0 Å². The standard InChI is InChI=1S/C14H13N3O/c1-17-14-11(6-3-7-12(14)15)13(16-17)9-4-2-5-10(18)8-9/h2-8,18H,15H2,1H3. The van der Waals surface area contributed by atoms with Gasteiger partial charge in [0.2, 0.25) is 0 Å². The summed E-state index contributed by atoms with van der Waals surface area (Å²) in [7, 11) is 1.87. The number of aromatic nitrogens is 2. The number of nitrogens with zero attached hydrogens (tertiary/aromatic N) is 2. The molecule has 0 atom stereocenters. The zero-order valence-corrected chi connectivity index (χ0v) is 9.96. The highest BCUT2D eigenvalue weighted by Gasteiger charge is 2.12. The van der Waals surface area contributed by atoms with Crippen LogP contribution in [-0.4, -0.2) is 14.9 Å². The number of fused-ring (bicyclic) bond motifs is 1. The summed E-state index contributed by atoms with van der Waals surface area (Å²) in [5.41, 5.74) is 9.29. The van der Waals surface area contributed by atoms with Crippen molar-refractivity contribution < 1.29 is 5.11 Å². The van der Waals surface area contributed by atoms with Crippen LogP contribution in [0.5, 0.6) is 5.75 Å². The fraction of sp³-hybridized carbons (Fsp3) is 0.0714. The third kappa shape index (κ3) is 1.50. The summed E-state index contributed by atoms with van der Waals surface area (Å²) >= 11 is 0. The van der Waals surface area contributed by atoms with E-state index in [9.17, 15) is 5.11 Å². The first-order chi connectivity index (χ1) is 8.66. The molecule has 4 heteroatoms. The number of phenolic OH excluding ortho intramolecular Hbond substituents is 1. The van der Waals surface area contributed by atoms with Crippen molar-refractivity contribution in [3.63, 3.8) is 0 Å². The van der Waals surface area contributed by atoms with Crippen LogP contribution in [0, 0.1) is 0 Å². The molecular weight excluding hydrogens is 226 g/mol. The maximum absolute atomic E-state index is 9.55. The smallest absolute Gasteiger partial charge is 0.116 e. The van der Waals surface area contributed by atoms with Crippen LogP contribution in [-0.2, 0) is 7.05 Å². The van der Waals surface area contributed by atoms with Crippen molar-refractivity contribution in [1.82, 2.24) is 9.78 Å². The summed E-state index contributed by atoms with van der Waals surface area (Å²) in [5.74, 6) is 0.232. The van der Waals surface area contributed by atoms with Crippen molar-refractivity contribution in [2.24, 2.45) is 7.05 Å². The van der Waals surface area contributed by atoms with Crippen molar-refractivity contribution in [2.45, 2.75) is 0 Å². The molecule has 1 heterocycles. The summed E-state index contributed by atoms with van der Waals surface area (Å²) in [6, 6.07) is 12.8. The molecule has 0 saturated heterocycles. The van der Waals surface area contributed by atoms with Crippen LogP contribution in [0.25, 0.3) is 22.2 Å². The van der Waals surface area contributed by atoms with Gasteiger partial charge in [-0.3, -0.25) is 4.68 Å². The van der Waals surface area contributed by atoms with E-state index in [4.69, 9.17) is 5.73 Å². The SMILES string of the molecule is Cn1nc(-c2cccc(O)c2)c2cccc(N)c21. The molecule has 0 saturated carbocycles. The zero-order chi connectivity index (χ0) is 12.7. The average molecular weight is 239 g/mol. The van der Waals surface area contributed by atoms with Crippen molar-refractivity contribution in [2.75, 3.05) is 5.73 Å². The molecule has 0 spiro atoms. The topological polar surface area (TPSA) is 64.1 Å². The third-order valence-electron chi connectivity index (χ3n) is 3.02. The second kappa shape index (κ2) is 3.77. The normalized spacial score (nSPS) is 10.9. The Morgan fingerprint density at radius 2 is 1.94 bits per heavy atom. The van der Waals surface area contributed by atoms with E-state index in [1.54, 1.807) is 22.9 Å².